The maximum Gasteiger partial charge on any atom is 0.271 e. The second-order valence-corrected chi connectivity index (χ2v) is 6.10. The number of nitrogens with one attached hydrogen (secondary N) is 2. The molecule has 0 saturated carbocycles. The van der Waals surface area contributed by atoms with Crippen molar-refractivity contribution in [2.75, 3.05) is 23.8 Å². The molecule has 0 bridgehead atoms. The minimum Gasteiger partial charge on any atom is -0.376 e. The summed E-state index contributed by atoms with van der Waals surface area (Å²) < 4.78 is 5.59. The molecule has 1 aromatic carbocycles. The maximum absolute atomic E-state index is 11.0. The second kappa shape index (κ2) is 7.46. The summed E-state index contributed by atoms with van der Waals surface area (Å²) in [6.07, 6.45) is 5.25. The van der Waals surface area contributed by atoms with Crippen LogP contribution in [-0.2, 0) is 4.74 Å². The molecule has 1 saturated heterocycles. The molecule has 1 aliphatic rings. The molecule has 2 aromatic heterocycles. The first-order chi connectivity index (χ1) is 13.2. The minimum atomic E-state index is -0.446. The first-order valence-electron chi connectivity index (χ1n) is 8.54. The molecule has 3 heterocycles. The molecule has 4 rings (SSSR count). The van der Waals surface area contributed by atoms with E-state index in [9.17, 15) is 10.1 Å². The molecule has 0 amide bonds. The van der Waals surface area contributed by atoms with Crippen LogP contribution in [0.25, 0.3) is 11.0 Å². The van der Waals surface area contributed by atoms with Crippen molar-refractivity contribution in [3.8, 4) is 0 Å². The average Bonchev–Trinajstić information content (AvgIpc) is 3.20. The average molecular weight is 367 g/mol. The van der Waals surface area contributed by atoms with Crippen molar-refractivity contribution in [2.45, 2.75) is 18.9 Å². The number of nitrogens with zero attached hydrogens (tertiary/aromatic N) is 5. The van der Waals surface area contributed by atoms with Gasteiger partial charge in [-0.3, -0.25) is 10.1 Å². The third-order valence-corrected chi connectivity index (χ3v) is 4.21. The van der Waals surface area contributed by atoms with Crippen LogP contribution in [0.5, 0.6) is 0 Å². The monoisotopic (exact) mass is 367 g/mol. The first kappa shape index (κ1) is 17.0. The highest BCUT2D eigenvalue weighted by Crippen LogP contribution is 2.24. The van der Waals surface area contributed by atoms with Gasteiger partial charge in [-0.05, 0) is 18.9 Å². The largest absolute Gasteiger partial charge is 0.376 e. The highest BCUT2D eigenvalue weighted by molar-refractivity contribution is 5.87. The Hall–Kier alpha value is -3.40. The Morgan fingerprint density at radius 3 is 3.04 bits per heavy atom. The fourth-order valence-electron chi connectivity index (χ4n) is 2.88. The predicted molar refractivity (Wildman–Crippen MR) is 99.0 cm³/mol. The summed E-state index contributed by atoms with van der Waals surface area (Å²) in [7, 11) is 0. The summed E-state index contributed by atoms with van der Waals surface area (Å²) in [4.78, 5) is 27.7. The Kier molecular flexibility index (Phi) is 4.71. The van der Waals surface area contributed by atoms with Gasteiger partial charge in [0.05, 0.1) is 17.2 Å². The number of anilines is 3. The van der Waals surface area contributed by atoms with Crippen LogP contribution in [0.1, 0.15) is 12.8 Å². The lowest BCUT2D eigenvalue weighted by atomic mass is 10.2. The second-order valence-electron chi connectivity index (χ2n) is 6.10. The Morgan fingerprint density at radius 2 is 2.22 bits per heavy atom. The molecular formula is C17H17N7O3. The molecule has 138 valence electrons. The number of fused-ring (bicyclic) bond motifs is 1. The molecule has 0 spiro atoms. The number of rotatable bonds is 6. The lowest BCUT2D eigenvalue weighted by molar-refractivity contribution is -0.384. The van der Waals surface area contributed by atoms with Gasteiger partial charge in [-0.2, -0.15) is 0 Å². The number of benzene rings is 1. The van der Waals surface area contributed by atoms with Crippen molar-refractivity contribution in [3.63, 3.8) is 0 Å². The van der Waals surface area contributed by atoms with Crippen LogP contribution in [-0.4, -0.2) is 44.1 Å². The van der Waals surface area contributed by atoms with E-state index in [2.05, 4.69) is 30.6 Å². The van der Waals surface area contributed by atoms with Crippen LogP contribution in [0, 0.1) is 10.1 Å². The number of aromatic nitrogens is 4. The topological polar surface area (TPSA) is 128 Å². The van der Waals surface area contributed by atoms with Crippen LogP contribution in [0.2, 0.25) is 0 Å². The summed E-state index contributed by atoms with van der Waals surface area (Å²) in [6.45, 7) is 1.42. The molecule has 2 N–H and O–H groups in total. The quantitative estimate of drug-likeness (QED) is 0.499. The zero-order valence-electron chi connectivity index (χ0n) is 14.3. The van der Waals surface area contributed by atoms with Crippen LogP contribution < -0.4 is 10.6 Å². The SMILES string of the molecule is O=[N+]([O-])c1cccc(Nc2ncnc3cnc(NCC4CCCO4)nc23)c1. The van der Waals surface area contributed by atoms with Crippen molar-refractivity contribution < 1.29 is 9.66 Å². The van der Waals surface area contributed by atoms with E-state index in [1.54, 1.807) is 18.3 Å². The zero-order chi connectivity index (χ0) is 18.6. The number of non-ortho nitro benzene ring substituents is 1. The van der Waals surface area contributed by atoms with Gasteiger partial charge in [0.2, 0.25) is 5.95 Å². The Labute approximate surface area is 154 Å². The van der Waals surface area contributed by atoms with Crippen molar-refractivity contribution in [1.82, 2.24) is 19.9 Å². The molecule has 1 aliphatic heterocycles. The summed E-state index contributed by atoms with van der Waals surface area (Å²) in [5, 5.41) is 17.2. The molecule has 3 aromatic rings. The Bertz CT molecular complexity index is 976. The van der Waals surface area contributed by atoms with E-state index in [4.69, 9.17) is 4.74 Å². The van der Waals surface area contributed by atoms with Crippen LogP contribution in [0.15, 0.2) is 36.8 Å². The molecule has 10 heteroatoms. The van der Waals surface area contributed by atoms with Gasteiger partial charge < -0.3 is 15.4 Å². The molecular weight excluding hydrogens is 350 g/mol. The van der Waals surface area contributed by atoms with Crippen LogP contribution >= 0.6 is 0 Å². The fraction of sp³-hybridized carbons (Fsp3) is 0.294. The van der Waals surface area contributed by atoms with Gasteiger partial charge in [-0.15, -0.1) is 0 Å². The fourth-order valence-corrected chi connectivity index (χ4v) is 2.88. The molecule has 0 radical (unpaired) electrons. The standard InChI is InChI=1S/C17H17N7O3/c25-24(26)12-4-1-3-11(7-12)22-16-15-14(20-10-21-16)9-19-17(23-15)18-8-13-5-2-6-27-13/h1,3-4,7,9-10,13H,2,5-6,8H2,(H,18,19,23)(H,20,21,22). The Morgan fingerprint density at radius 1 is 1.30 bits per heavy atom. The van der Waals surface area contributed by atoms with E-state index in [1.165, 1.54) is 18.5 Å². The number of nitro benzene ring substituents is 1. The van der Waals surface area contributed by atoms with Gasteiger partial charge in [0.15, 0.2) is 5.82 Å². The van der Waals surface area contributed by atoms with Gasteiger partial charge in [-0.25, -0.2) is 19.9 Å². The minimum absolute atomic E-state index is 0.00749. The molecule has 1 unspecified atom stereocenters. The smallest absolute Gasteiger partial charge is 0.271 e. The molecule has 0 aliphatic carbocycles. The molecule has 10 nitrogen and oxygen atoms in total. The third kappa shape index (κ3) is 3.90. The van der Waals surface area contributed by atoms with E-state index in [1.807, 2.05) is 0 Å². The van der Waals surface area contributed by atoms with E-state index in [-0.39, 0.29) is 11.8 Å². The van der Waals surface area contributed by atoms with E-state index >= 15 is 0 Å². The van der Waals surface area contributed by atoms with Crippen molar-refractivity contribution in [2.24, 2.45) is 0 Å². The summed E-state index contributed by atoms with van der Waals surface area (Å²) in [5.41, 5.74) is 1.62. The maximum atomic E-state index is 11.0. The van der Waals surface area contributed by atoms with Gasteiger partial charge >= 0.3 is 0 Å². The highest BCUT2D eigenvalue weighted by Gasteiger charge is 2.16. The van der Waals surface area contributed by atoms with Crippen LogP contribution in [0.3, 0.4) is 0 Å². The van der Waals surface area contributed by atoms with Crippen molar-refractivity contribution in [1.29, 1.82) is 0 Å². The van der Waals surface area contributed by atoms with Gasteiger partial charge in [-0.1, -0.05) is 6.07 Å². The molecule has 1 fully saturated rings. The van der Waals surface area contributed by atoms with Crippen molar-refractivity contribution >= 4 is 34.2 Å². The van der Waals surface area contributed by atoms with E-state index < -0.39 is 4.92 Å². The highest BCUT2D eigenvalue weighted by atomic mass is 16.6. The van der Waals surface area contributed by atoms with Crippen molar-refractivity contribution in [3.05, 3.63) is 46.9 Å². The van der Waals surface area contributed by atoms with Gasteiger partial charge in [0.1, 0.15) is 17.4 Å². The van der Waals surface area contributed by atoms with E-state index in [0.29, 0.717) is 35.0 Å². The number of hydrogen-bond donors (Lipinski definition) is 2. The zero-order valence-corrected chi connectivity index (χ0v) is 14.3. The predicted octanol–water partition coefficient (Wildman–Crippen LogP) is 2.66. The number of hydrogen-bond acceptors (Lipinski definition) is 9. The van der Waals surface area contributed by atoms with Gasteiger partial charge in [0.25, 0.3) is 5.69 Å². The van der Waals surface area contributed by atoms with Gasteiger partial charge in [0, 0.05) is 31.0 Å². The Balaban J connectivity index is 1.59. The molecule has 27 heavy (non-hydrogen) atoms. The lowest BCUT2D eigenvalue weighted by Gasteiger charge is -2.12. The molecule has 1 atom stereocenters. The first-order valence-corrected chi connectivity index (χ1v) is 8.54. The third-order valence-electron chi connectivity index (χ3n) is 4.21. The lowest BCUT2D eigenvalue weighted by Crippen LogP contribution is -2.19. The summed E-state index contributed by atoms with van der Waals surface area (Å²) in [5.74, 6) is 0.901. The summed E-state index contributed by atoms with van der Waals surface area (Å²) >= 11 is 0. The number of ether oxygens (including phenoxy) is 1. The summed E-state index contributed by atoms with van der Waals surface area (Å²) in [6, 6.07) is 6.19. The van der Waals surface area contributed by atoms with Crippen LogP contribution in [0.4, 0.5) is 23.1 Å². The van der Waals surface area contributed by atoms with E-state index in [0.717, 1.165) is 19.4 Å². The normalized spacial score (nSPS) is 16.4. The number of nitro groups is 1.